The van der Waals surface area contributed by atoms with Crippen LogP contribution in [0.5, 0.6) is 0 Å². The number of amides is 1. The van der Waals surface area contributed by atoms with E-state index in [2.05, 4.69) is 21.7 Å². The van der Waals surface area contributed by atoms with E-state index >= 15 is 0 Å². The summed E-state index contributed by atoms with van der Waals surface area (Å²) in [6.45, 7) is 1.40. The molecule has 6 heteroatoms. The molecule has 3 rings (SSSR count). The molecule has 0 aromatic heterocycles. The lowest BCUT2D eigenvalue weighted by molar-refractivity contribution is -0.117. The van der Waals surface area contributed by atoms with Crippen LogP contribution in [0, 0.1) is 5.82 Å². The fourth-order valence-electron chi connectivity index (χ4n) is 3.06. The first-order valence-corrected chi connectivity index (χ1v) is 8.74. The van der Waals surface area contributed by atoms with Crippen LogP contribution in [0.4, 0.5) is 10.1 Å². The number of rotatable bonds is 4. The predicted molar refractivity (Wildman–Crippen MR) is 102 cm³/mol. The van der Waals surface area contributed by atoms with Crippen LogP contribution in [-0.4, -0.2) is 32.0 Å². The van der Waals surface area contributed by atoms with E-state index < -0.39 is 0 Å². The number of halogens is 1. The minimum atomic E-state index is -0.260. The van der Waals surface area contributed by atoms with Crippen LogP contribution in [0.2, 0.25) is 0 Å². The topological polar surface area (TPSA) is 56.7 Å². The first-order valence-electron chi connectivity index (χ1n) is 8.74. The molecule has 26 heavy (non-hydrogen) atoms. The Labute approximate surface area is 152 Å². The lowest BCUT2D eigenvalue weighted by atomic mass is 10.0. The second kappa shape index (κ2) is 8.47. The van der Waals surface area contributed by atoms with E-state index in [0.29, 0.717) is 12.5 Å². The molecule has 0 aliphatic carbocycles. The molecular formula is C20H23FN4O. The van der Waals surface area contributed by atoms with Gasteiger partial charge in [0.25, 0.3) is 0 Å². The largest absolute Gasteiger partial charge is 0.352 e. The molecule has 1 amide bonds. The smallest absolute Gasteiger partial charge is 0.246 e. The van der Waals surface area contributed by atoms with E-state index in [1.165, 1.54) is 17.7 Å². The zero-order valence-corrected chi connectivity index (χ0v) is 14.8. The quantitative estimate of drug-likeness (QED) is 0.655. The number of nitrogens with one attached hydrogen (secondary N) is 2. The average Bonchev–Trinajstić information content (AvgIpc) is 2.68. The summed E-state index contributed by atoms with van der Waals surface area (Å²) in [5.74, 6) is 0.290. The highest BCUT2D eigenvalue weighted by Crippen LogP contribution is 2.26. The normalized spacial score (nSPS) is 13.9. The Kier molecular flexibility index (Phi) is 5.84. The minimum absolute atomic E-state index is 0.0156. The Hall–Kier alpha value is -2.89. The summed E-state index contributed by atoms with van der Waals surface area (Å²) in [5, 5.41) is 6.18. The van der Waals surface area contributed by atoms with Crippen molar-refractivity contribution in [3.63, 3.8) is 0 Å². The summed E-state index contributed by atoms with van der Waals surface area (Å²) in [7, 11) is 1.65. The van der Waals surface area contributed by atoms with Crippen LogP contribution < -0.4 is 15.5 Å². The molecule has 2 aromatic rings. The molecule has 0 radical (unpaired) electrons. The average molecular weight is 354 g/mol. The fourth-order valence-corrected chi connectivity index (χ4v) is 3.06. The van der Waals surface area contributed by atoms with Crippen molar-refractivity contribution in [3.8, 4) is 0 Å². The molecule has 1 aliphatic heterocycles. The van der Waals surface area contributed by atoms with Crippen LogP contribution in [0.15, 0.2) is 53.5 Å². The number of aryl methyl sites for hydroxylation is 1. The molecule has 0 bridgehead atoms. The minimum Gasteiger partial charge on any atom is -0.352 e. The Morgan fingerprint density at radius 1 is 1.15 bits per heavy atom. The molecule has 136 valence electrons. The number of hydrogen-bond donors (Lipinski definition) is 2. The van der Waals surface area contributed by atoms with E-state index in [-0.39, 0.29) is 18.3 Å². The van der Waals surface area contributed by atoms with Gasteiger partial charge in [0.15, 0.2) is 5.96 Å². The van der Waals surface area contributed by atoms with Gasteiger partial charge in [-0.1, -0.05) is 30.3 Å². The Morgan fingerprint density at radius 2 is 1.92 bits per heavy atom. The molecule has 1 aliphatic rings. The number of benzene rings is 2. The molecule has 5 nitrogen and oxygen atoms in total. The van der Waals surface area contributed by atoms with Gasteiger partial charge in [-0.3, -0.25) is 9.79 Å². The van der Waals surface area contributed by atoms with Crippen molar-refractivity contribution in [3.05, 3.63) is 65.5 Å². The van der Waals surface area contributed by atoms with Crippen molar-refractivity contribution in [2.24, 2.45) is 4.99 Å². The summed E-state index contributed by atoms with van der Waals surface area (Å²) in [6.07, 6.45) is 1.98. The number of anilines is 1. The predicted octanol–water partition coefficient (Wildman–Crippen LogP) is 2.47. The second-order valence-corrected chi connectivity index (χ2v) is 6.18. The highest BCUT2D eigenvalue weighted by molar-refractivity contribution is 5.98. The number of guanidine groups is 1. The molecule has 2 N–H and O–H groups in total. The van der Waals surface area contributed by atoms with Gasteiger partial charge in [0, 0.05) is 25.8 Å². The first-order chi connectivity index (χ1) is 12.7. The third kappa shape index (κ3) is 4.39. The van der Waals surface area contributed by atoms with Crippen molar-refractivity contribution >= 4 is 17.6 Å². The zero-order valence-electron chi connectivity index (χ0n) is 14.8. The Bertz CT molecular complexity index is 789. The van der Waals surface area contributed by atoms with Gasteiger partial charge in [-0.2, -0.15) is 0 Å². The molecule has 0 spiro atoms. The van der Waals surface area contributed by atoms with Crippen molar-refractivity contribution in [2.75, 3.05) is 25.0 Å². The lowest BCUT2D eigenvalue weighted by Gasteiger charge is -2.29. The van der Waals surface area contributed by atoms with E-state index in [1.807, 2.05) is 23.1 Å². The second-order valence-electron chi connectivity index (χ2n) is 6.18. The molecule has 0 fully saturated rings. The maximum atomic E-state index is 12.9. The summed E-state index contributed by atoms with van der Waals surface area (Å²) in [5.41, 5.74) is 3.15. The number of hydrogen-bond acceptors (Lipinski definition) is 2. The van der Waals surface area contributed by atoms with Crippen molar-refractivity contribution in [1.82, 2.24) is 10.6 Å². The summed E-state index contributed by atoms with van der Waals surface area (Å²) >= 11 is 0. The highest BCUT2D eigenvalue weighted by atomic mass is 19.1. The summed E-state index contributed by atoms with van der Waals surface area (Å²) < 4.78 is 12.9. The van der Waals surface area contributed by atoms with Gasteiger partial charge in [-0.05, 0) is 42.2 Å². The van der Waals surface area contributed by atoms with E-state index in [0.717, 1.165) is 30.6 Å². The third-order valence-corrected chi connectivity index (χ3v) is 4.42. The van der Waals surface area contributed by atoms with Gasteiger partial charge in [-0.15, -0.1) is 0 Å². The van der Waals surface area contributed by atoms with E-state index in [4.69, 9.17) is 0 Å². The third-order valence-electron chi connectivity index (χ3n) is 4.42. The van der Waals surface area contributed by atoms with Crippen molar-refractivity contribution in [2.45, 2.75) is 19.4 Å². The van der Waals surface area contributed by atoms with Gasteiger partial charge in [-0.25, -0.2) is 4.39 Å². The molecule has 0 saturated carbocycles. The van der Waals surface area contributed by atoms with Crippen LogP contribution >= 0.6 is 0 Å². The van der Waals surface area contributed by atoms with Crippen LogP contribution in [0.3, 0.4) is 0 Å². The number of para-hydroxylation sites is 1. The summed E-state index contributed by atoms with van der Waals surface area (Å²) in [6, 6.07) is 14.3. The highest BCUT2D eigenvalue weighted by Gasteiger charge is 2.21. The number of carbonyl (C=O) groups excluding carboxylic acids is 1. The van der Waals surface area contributed by atoms with Crippen molar-refractivity contribution < 1.29 is 9.18 Å². The standard InChI is InChI=1S/C20H23FN4O/c1-22-20(23-13-15-8-10-17(21)11-9-15)24-14-19(26)25-12-4-6-16-5-2-3-7-18(16)25/h2-3,5,7-11H,4,6,12-14H2,1H3,(H2,22,23,24). The van der Waals surface area contributed by atoms with E-state index in [1.54, 1.807) is 19.2 Å². The Balaban J connectivity index is 1.54. The van der Waals surface area contributed by atoms with Crippen LogP contribution in [0.25, 0.3) is 0 Å². The maximum absolute atomic E-state index is 12.9. The van der Waals surface area contributed by atoms with Gasteiger partial charge in [0.05, 0.1) is 6.54 Å². The Morgan fingerprint density at radius 3 is 2.69 bits per heavy atom. The van der Waals surface area contributed by atoms with Crippen LogP contribution in [-0.2, 0) is 17.8 Å². The number of aliphatic imine (C=N–C) groups is 1. The SMILES string of the molecule is CN=C(NCC(=O)N1CCCc2ccccc21)NCc1ccc(F)cc1. The van der Waals surface area contributed by atoms with Crippen molar-refractivity contribution in [1.29, 1.82) is 0 Å². The molecular weight excluding hydrogens is 331 g/mol. The van der Waals surface area contributed by atoms with Gasteiger partial charge in [0.2, 0.25) is 5.91 Å². The first kappa shape index (κ1) is 17.9. The van der Waals surface area contributed by atoms with Gasteiger partial charge >= 0.3 is 0 Å². The molecule has 0 saturated heterocycles. The number of carbonyl (C=O) groups is 1. The van der Waals surface area contributed by atoms with Gasteiger partial charge in [0.1, 0.15) is 5.82 Å². The van der Waals surface area contributed by atoms with Crippen LogP contribution in [0.1, 0.15) is 17.5 Å². The van der Waals surface area contributed by atoms with E-state index in [9.17, 15) is 9.18 Å². The fraction of sp³-hybridized carbons (Fsp3) is 0.300. The molecule has 0 unspecified atom stereocenters. The monoisotopic (exact) mass is 354 g/mol. The zero-order chi connectivity index (χ0) is 18.4. The molecule has 2 aromatic carbocycles. The number of nitrogens with zero attached hydrogens (tertiary/aromatic N) is 2. The summed E-state index contributed by atoms with van der Waals surface area (Å²) in [4.78, 5) is 18.6. The molecule has 1 heterocycles. The molecule has 0 atom stereocenters. The lowest BCUT2D eigenvalue weighted by Crippen LogP contribution is -2.45. The number of fused-ring (bicyclic) bond motifs is 1. The van der Waals surface area contributed by atoms with Gasteiger partial charge < -0.3 is 15.5 Å². The maximum Gasteiger partial charge on any atom is 0.246 e.